The zero-order valence-corrected chi connectivity index (χ0v) is 24.3. The highest BCUT2D eigenvalue weighted by atomic mass is 16.7. The number of methoxy groups -OCH3 is 1. The number of nitrogens with zero attached hydrogens (tertiary/aromatic N) is 1. The first-order valence-electron chi connectivity index (χ1n) is 14.6. The zero-order valence-electron chi connectivity index (χ0n) is 24.3. The largest absolute Gasteiger partial charge is 0.392 e. The van der Waals surface area contributed by atoms with Crippen LogP contribution in [-0.2, 0) is 32.2 Å². The van der Waals surface area contributed by atoms with Crippen LogP contribution >= 0.6 is 0 Å². The van der Waals surface area contributed by atoms with Crippen molar-refractivity contribution in [3.63, 3.8) is 0 Å². The number of nitrogens with one attached hydrogen (secondary N) is 1. The van der Waals surface area contributed by atoms with Gasteiger partial charge in [-0.15, -0.1) is 0 Å². The van der Waals surface area contributed by atoms with E-state index in [9.17, 15) is 9.90 Å². The molecule has 5 atom stereocenters. The lowest BCUT2D eigenvalue weighted by Gasteiger charge is -2.43. The summed E-state index contributed by atoms with van der Waals surface area (Å²) < 4.78 is 19.0. The number of rotatable bonds is 10. The summed E-state index contributed by atoms with van der Waals surface area (Å²) in [6, 6.07) is 25.0. The molecule has 2 N–H and O–H groups in total. The number of aliphatic hydroxyl groups excluding tert-OH is 1. The molecule has 218 valence electrons. The molecule has 3 aromatic carbocycles. The van der Waals surface area contributed by atoms with Crippen LogP contribution in [0.25, 0.3) is 11.1 Å². The van der Waals surface area contributed by atoms with Crippen LogP contribution in [0.5, 0.6) is 0 Å². The maximum atomic E-state index is 11.4. The van der Waals surface area contributed by atoms with Gasteiger partial charge in [0.15, 0.2) is 6.29 Å². The summed E-state index contributed by atoms with van der Waals surface area (Å²) in [5, 5.41) is 12.4. The van der Waals surface area contributed by atoms with Crippen LogP contribution in [0, 0.1) is 5.92 Å². The Balaban J connectivity index is 1.42. The second-order valence-electron chi connectivity index (χ2n) is 11.3. The van der Waals surface area contributed by atoms with Crippen LogP contribution in [0.2, 0.25) is 0 Å². The molecule has 2 saturated heterocycles. The molecule has 0 aliphatic carbocycles. The highest BCUT2D eigenvalue weighted by molar-refractivity contribution is 5.73. The zero-order chi connectivity index (χ0) is 28.8. The predicted octanol–water partition coefficient (Wildman–Crippen LogP) is 5.38. The smallest absolute Gasteiger partial charge is 0.217 e. The maximum absolute atomic E-state index is 11.4. The van der Waals surface area contributed by atoms with Crippen molar-refractivity contribution in [1.29, 1.82) is 0 Å². The number of benzene rings is 3. The lowest BCUT2D eigenvalue weighted by molar-refractivity contribution is -0.276. The van der Waals surface area contributed by atoms with E-state index in [4.69, 9.17) is 14.2 Å². The van der Waals surface area contributed by atoms with Crippen molar-refractivity contribution < 1.29 is 24.1 Å². The fourth-order valence-electron chi connectivity index (χ4n) is 6.03. The molecule has 1 amide bonds. The summed E-state index contributed by atoms with van der Waals surface area (Å²) in [5.41, 5.74) is 6.13. The van der Waals surface area contributed by atoms with E-state index in [0.29, 0.717) is 12.6 Å². The van der Waals surface area contributed by atoms with E-state index in [-0.39, 0.29) is 30.6 Å². The van der Waals surface area contributed by atoms with Crippen LogP contribution in [0.4, 0.5) is 0 Å². The minimum Gasteiger partial charge on any atom is -0.392 e. The Morgan fingerprint density at radius 2 is 1.76 bits per heavy atom. The van der Waals surface area contributed by atoms with Crippen LogP contribution in [-0.4, -0.2) is 54.9 Å². The second-order valence-corrected chi connectivity index (χ2v) is 11.3. The van der Waals surface area contributed by atoms with E-state index in [2.05, 4.69) is 59.6 Å². The first-order valence-corrected chi connectivity index (χ1v) is 14.6. The average molecular weight is 559 g/mol. The van der Waals surface area contributed by atoms with Gasteiger partial charge >= 0.3 is 0 Å². The minimum atomic E-state index is -0.523. The lowest BCUT2D eigenvalue weighted by atomic mass is 9.89. The molecule has 0 aromatic heterocycles. The molecule has 2 fully saturated rings. The van der Waals surface area contributed by atoms with E-state index in [0.717, 1.165) is 59.5 Å². The van der Waals surface area contributed by atoms with Gasteiger partial charge in [0.1, 0.15) is 0 Å². The Morgan fingerprint density at radius 3 is 2.49 bits per heavy atom. The van der Waals surface area contributed by atoms with E-state index in [1.54, 1.807) is 7.11 Å². The van der Waals surface area contributed by atoms with E-state index in [1.807, 2.05) is 30.3 Å². The third kappa shape index (κ3) is 7.23. The van der Waals surface area contributed by atoms with Crippen LogP contribution in [0.3, 0.4) is 0 Å². The number of carbonyl (C=O) groups is 1. The average Bonchev–Trinajstić information content (AvgIpc) is 3.44. The molecule has 2 heterocycles. The first-order chi connectivity index (χ1) is 19.9. The van der Waals surface area contributed by atoms with Gasteiger partial charge in [-0.05, 0) is 59.3 Å². The number of hydrogen-bond acceptors (Lipinski definition) is 6. The quantitative estimate of drug-likeness (QED) is 0.348. The Morgan fingerprint density at radius 1 is 1.00 bits per heavy atom. The Kier molecular flexibility index (Phi) is 9.85. The van der Waals surface area contributed by atoms with Crippen LogP contribution in [0.1, 0.15) is 61.3 Å². The van der Waals surface area contributed by atoms with Gasteiger partial charge in [0.05, 0.1) is 25.4 Å². The molecule has 7 nitrogen and oxygen atoms in total. The molecular formula is C34H42N2O5. The van der Waals surface area contributed by atoms with Crippen molar-refractivity contribution in [3.05, 3.63) is 95.1 Å². The van der Waals surface area contributed by atoms with Gasteiger partial charge in [-0.1, -0.05) is 67.6 Å². The monoisotopic (exact) mass is 558 g/mol. The first kappa shape index (κ1) is 29.4. The van der Waals surface area contributed by atoms with Gasteiger partial charge in [-0.2, -0.15) is 0 Å². The molecule has 0 saturated carbocycles. The number of hydrogen-bond donors (Lipinski definition) is 2. The topological polar surface area (TPSA) is 80.3 Å². The maximum Gasteiger partial charge on any atom is 0.217 e. The molecule has 3 aromatic rings. The lowest BCUT2D eigenvalue weighted by Crippen LogP contribution is -2.46. The molecule has 7 heteroatoms. The molecule has 0 unspecified atom stereocenters. The number of ether oxygens (including phenoxy) is 3. The summed E-state index contributed by atoms with van der Waals surface area (Å²) in [6.07, 6.45) is 1.61. The van der Waals surface area contributed by atoms with Crippen molar-refractivity contribution in [2.75, 3.05) is 26.8 Å². The van der Waals surface area contributed by atoms with Crippen LogP contribution in [0.15, 0.2) is 72.8 Å². The molecule has 0 spiro atoms. The predicted molar refractivity (Wildman–Crippen MR) is 159 cm³/mol. The fraction of sp³-hybridized carbons (Fsp3) is 0.441. The van der Waals surface area contributed by atoms with Crippen molar-refractivity contribution in [2.45, 2.75) is 64.4 Å². The molecular weight excluding hydrogens is 516 g/mol. The highest BCUT2D eigenvalue weighted by Gasteiger charge is 2.40. The highest BCUT2D eigenvalue weighted by Crippen LogP contribution is 2.43. The van der Waals surface area contributed by atoms with Gasteiger partial charge in [0.2, 0.25) is 5.91 Å². The van der Waals surface area contributed by atoms with Gasteiger partial charge in [-0.25, -0.2) is 0 Å². The summed E-state index contributed by atoms with van der Waals surface area (Å²) in [4.78, 5) is 13.9. The van der Waals surface area contributed by atoms with Crippen molar-refractivity contribution >= 4 is 5.91 Å². The third-order valence-corrected chi connectivity index (χ3v) is 8.36. The van der Waals surface area contributed by atoms with E-state index >= 15 is 0 Å². The SMILES string of the molecule is COC[C@@H]1CCCN1C[C@H]1O[C@@H](c2cccc(-c3cccc(CNC(C)=O)c3)c2)O[C@@H](c2ccc(CO)cc2)[C@H]1C. The van der Waals surface area contributed by atoms with Crippen molar-refractivity contribution in [1.82, 2.24) is 10.2 Å². The summed E-state index contributed by atoms with van der Waals surface area (Å²) >= 11 is 0. The number of carbonyl (C=O) groups excluding carboxylic acids is 1. The molecule has 2 aliphatic rings. The summed E-state index contributed by atoms with van der Waals surface area (Å²) in [7, 11) is 1.77. The molecule has 0 bridgehead atoms. The molecule has 2 aliphatic heterocycles. The second kappa shape index (κ2) is 13.7. The molecule has 0 radical (unpaired) electrons. The fourth-order valence-corrected chi connectivity index (χ4v) is 6.03. The summed E-state index contributed by atoms with van der Waals surface area (Å²) in [5.74, 6) is 0.0828. The number of aliphatic hydroxyl groups is 1. The Hall–Kier alpha value is -3.07. The third-order valence-electron chi connectivity index (χ3n) is 8.36. The molecule has 5 rings (SSSR count). The van der Waals surface area contributed by atoms with E-state index in [1.165, 1.54) is 13.3 Å². The number of amides is 1. The van der Waals surface area contributed by atoms with E-state index < -0.39 is 6.29 Å². The van der Waals surface area contributed by atoms with Crippen LogP contribution < -0.4 is 5.32 Å². The van der Waals surface area contributed by atoms with Gasteiger partial charge in [0, 0.05) is 44.6 Å². The Labute approximate surface area is 243 Å². The summed E-state index contributed by atoms with van der Waals surface area (Å²) in [6.45, 7) is 6.86. The van der Waals surface area contributed by atoms with Gasteiger partial charge in [-0.3, -0.25) is 9.69 Å². The van der Waals surface area contributed by atoms with Crippen molar-refractivity contribution in [2.24, 2.45) is 5.92 Å². The minimum absolute atomic E-state index is 0.0182. The normalized spacial score (nSPS) is 24.8. The van der Waals surface area contributed by atoms with Gasteiger partial charge < -0.3 is 24.6 Å². The molecule has 41 heavy (non-hydrogen) atoms. The number of likely N-dealkylation sites (tertiary alicyclic amines) is 1. The standard InChI is InChI=1S/C34H42N2O5/c1-23-32(20-36-16-6-11-31(36)22-39-3)40-34(41-33(23)27-14-12-25(21-37)13-15-27)30-10-5-9-29(18-30)28-8-4-7-26(17-28)19-35-24(2)38/h4-5,7-10,12-15,17-18,23,31-34,37H,6,11,16,19-22H2,1-3H3,(H,35,38)/t23-,31-,32+,33+,34+/m0/s1. The van der Waals surface area contributed by atoms with Crippen molar-refractivity contribution in [3.8, 4) is 11.1 Å². The Bertz CT molecular complexity index is 1300. The van der Waals surface area contributed by atoms with Gasteiger partial charge in [0.25, 0.3) is 0 Å².